The first-order chi connectivity index (χ1) is 8.00. The van der Waals surface area contributed by atoms with Crippen LogP contribution in [0.4, 0.5) is 0 Å². The van der Waals surface area contributed by atoms with E-state index >= 15 is 0 Å². The molecule has 2 rings (SSSR count). The van der Waals surface area contributed by atoms with Crippen LogP contribution in [0.5, 0.6) is 0 Å². The Morgan fingerprint density at radius 2 is 1.76 bits per heavy atom. The number of carbonyl (C=O) groups excluding carboxylic acids is 1. The number of hydrogen-bond acceptors (Lipinski definition) is 3. The maximum atomic E-state index is 12.5. The van der Waals surface area contributed by atoms with E-state index in [9.17, 15) is 4.79 Å². The van der Waals surface area contributed by atoms with Gasteiger partial charge in [-0.05, 0) is 40.8 Å². The first-order valence-electron chi connectivity index (χ1n) is 6.74. The van der Waals surface area contributed by atoms with Crippen molar-refractivity contribution in [3.8, 4) is 0 Å². The number of rotatable bonds is 1. The summed E-state index contributed by atoms with van der Waals surface area (Å²) in [6, 6.07) is 1.27. The van der Waals surface area contributed by atoms with Gasteiger partial charge in [0.2, 0.25) is 5.91 Å². The standard InChI is InChI=1S/C13H25N3O/c1-9-7-16(8-10(2)15(9)4)13(17)12-5-6-14-11(12)3/h9-12,14H,5-8H2,1-4H3. The summed E-state index contributed by atoms with van der Waals surface area (Å²) in [7, 11) is 2.15. The van der Waals surface area contributed by atoms with Crippen LogP contribution in [0.3, 0.4) is 0 Å². The van der Waals surface area contributed by atoms with Crippen molar-refractivity contribution in [3.05, 3.63) is 0 Å². The van der Waals surface area contributed by atoms with E-state index < -0.39 is 0 Å². The van der Waals surface area contributed by atoms with Crippen LogP contribution in [0.1, 0.15) is 27.2 Å². The number of amides is 1. The molecule has 2 saturated heterocycles. The smallest absolute Gasteiger partial charge is 0.227 e. The third-order valence-corrected chi connectivity index (χ3v) is 4.51. The highest BCUT2D eigenvalue weighted by Gasteiger charge is 2.36. The first-order valence-corrected chi connectivity index (χ1v) is 6.74. The molecular weight excluding hydrogens is 214 g/mol. The van der Waals surface area contributed by atoms with Gasteiger partial charge in [-0.25, -0.2) is 0 Å². The minimum Gasteiger partial charge on any atom is -0.339 e. The molecule has 2 fully saturated rings. The topological polar surface area (TPSA) is 35.6 Å². The van der Waals surface area contributed by atoms with Crippen LogP contribution >= 0.6 is 0 Å². The molecule has 0 saturated carbocycles. The second-order valence-corrected chi connectivity index (χ2v) is 5.74. The van der Waals surface area contributed by atoms with E-state index in [1.165, 1.54) is 0 Å². The lowest BCUT2D eigenvalue weighted by Crippen LogP contribution is -2.58. The molecule has 0 spiro atoms. The fraction of sp³-hybridized carbons (Fsp3) is 0.923. The summed E-state index contributed by atoms with van der Waals surface area (Å²) in [5, 5.41) is 3.36. The summed E-state index contributed by atoms with van der Waals surface area (Å²) in [6.45, 7) is 9.26. The van der Waals surface area contributed by atoms with Crippen molar-refractivity contribution in [2.75, 3.05) is 26.7 Å². The maximum absolute atomic E-state index is 12.5. The summed E-state index contributed by atoms with van der Waals surface area (Å²) >= 11 is 0. The second kappa shape index (κ2) is 4.94. The Balaban J connectivity index is 2.00. The Morgan fingerprint density at radius 1 is 1.18 bits per heavy atom. The van der Waals surface area contributed by atoms with E-state index in [-0.39, 0.29) is 5.92 Å². The first kappa shape index (κ1) is 12.8. The number of piperazine rings is 1. The van der Waals surface area contributed by atoms with Gasteiger partial charge in [-0.1, -0.05) is 0 Å². The van der Waals surface area contributed by atoms with Gasteiger partial charge in [-0.2, -0.15) is 0 Å². The normalized spacial score (nSPS) is 39.6. The fourth-order valence-electron chi connectivity index (χ4n) is 3.01. The van der Waals surface area contributed by atoms with Crippen LogP contribution in [0, 0.1) is 5.92 Å². The average molecular weight is 239 g/mol. The molecule has 4 nitrogen and oxygen atoms in total. The van der Waals surface area contributed by atoms with Crippen molar-refractivity contribution in [3.63, 3.8) is 0 Å². The second-order valence-electron chi connectivity index (χ2n) is 5.74. The van der Waals surface area contributed by atoms with Crippen LogP contribution in [0.2, 0.25) is 0 Å². The minimum atomic E-state index is 0.192. The van der Waals surface area contributed by atoms with Crippen molar-refractivity contribution in [2.45, 2.75) is 45.3 Å². The molecule has 2 aliphatic rings. The lowest BCUT2D eigenvalue weighted by Gasteiger charge is -2.43. The van der Waals surface area contributed by atoms with Crippen LogP contribution in [0.15, 0.2) is 0 Å². The lowest BCUT2D eigenvalue weighted by atomic mass is 9.98. The van der Waals surface area contributed by atoms with Gasteiger partial charge in [0.15, 0.2) is 0 Å². The molecule has 1 N–H and O–H groups in total. The molecule has 98 valence electrons. The number of likely N-dealkylation sites (N-methyl/N-ethyl adjacent to an activating group) is 1. The van der Waals surface area contributed by atoms with E-state index in [1.54, 1.807) is 0 Å². The zero-order valence-corrected chi connectivity index (χ0v) is 11.4. The number of nitrogens with one attached hydrogen (secondary N) is 1. The number of nitrogens with zero attached hydrogens (tertiary/aromatic N) is 2. The zero-order chi connectivity index (χ0) is 12.6. The summed E-state index contributed by atoms with van der Waals surface area (Å²) < 4.78 is 0. The molecule has 0 bridgehead atoms. The predicted octanol–water partition coefficient (Wildman–Crippen LogP) is 0.535. The Bertz CT molecular complexity index is 282. The molecule has 0 aliphatic carbocycles. The highest BCUT2D eigenvalue weighted by molar-refractivity contribution is 5.80. The number of hydrogen-bond donors (Lipinski definition) is 1. The molecular formula is C13H25N3O. The zero-order valence-electron chi connectivity index (χ0n) is 11.4. The van der Waals surface area contributed by atoms with Gasteiger partial charge < -0.3 is 10.2 Å². The highest BCUT2D eigenvalue weighted by atomic mass is 16.2. The molecule has 4 heteroatoms. The summed E-state index contributed by atoms with van der Waals surface area (Å²) in [4.78, 5) is 16.9. The van der Waals surface area contributed by atoms with Crippen molar-refractivity contribution in [1.29, 1.82) is 0 Å². The van der Waals surface area contributed by atoms with Crippen LogP contribution in [0.25, 0.3) is 0 Å². The quantitative estimate of drug-likeness (QED) is 0.725. The molecule has 17 heavy (non-hydrogen) atoms. The molecule has 0 aromatic heterocycles. The van der Waals surface area contributed by atoms with Crippen molar-refractivity contribution < 1.29 is 4.79 Å². The van der Waals surface area contributed by atoms with Gasteiger partial charge in [0.05, 0.1) is 5.92 Å². The Labute approximate surface area is 104 Å². The molecule has 1 amide bonds. The molecule has 0 radical (unpaired) electrons. The van der Waals surface area contributed by atoms with Crippen LogP contribution in [-0.4, -0.2) is 60.5 Å². The lowest BCUT2D eigenvalue weighted by molar-refractivity contribution is -0.139. The van der Waals surface area contributed by atoms with Crippen molar-refractivity contribution >= 4 is 5.91 Å². The van der Waals surface area contributed by atoms with E-state index in [0.29, 0.717) is 24.0 Å². The molecule has 2 heterocycles. The largest absolute Gasteiger partial charge is 0.339 e. The molecule has 0 aromatic carbocycles. The van der Waals surface area contributed by atoms with Crippen molar-refractivity contribution in [1.82, 2.24) is 15.1 Å². The van der Waals surface area contributed by atoms with Gasteiger partial charge in [0.25, 0.3) is 0 Å². The van der Waals surface area contributed by atoms with Crippen LogP contribution < -0.4 is 5.32 Å². The van der Waals surface area contributed by atoms with E-state index in [4.69, 9.17) is 0 Å². The van der Waals surface area contributed by atoms with Gasteiger partial charge in [-0.15, -0.1) is 0 Å². The third-order valence-electron chi connectivity index (χ3n) is 4.51. The van der Waals surface area contributed by atoms with Gasteiger partial charge >= 0.3 is 0 Å². The molecule has 4 unspecified atom stereocenters. The van der Waals surface area contributed by atoms with Gasteiger partial charge in [-0.3, -0.25) is 9.69 Å². The molecule has 2 aliphatic heterocycles. The summed E-state index contributed by atoms with van der Waals surface area (Å²) in [5.41, 5.74) is 0. The summed E-state index contributed by atoms with van der Waals surface area (Å²) in [5.74, 6) is 0.548. The SMILES string of the molecule is CC1NCCC1C(=O)N1CC(C)N(C)C(C)C1. The monoisotopic (exact) mass is 239 g/mol. The summed E-state index contributed by atoms with van der Waals surface area (Å²) in [6.07, 6.45) is 0.995. The highest BCUT2D eigenvalue weighted by Crippen LogP contribution is 2.21. The van der Waals surface area contributed by atoms with Crippen molar-refractivity contribution in [2.24, 2.45) is 5.92 Å². The van der Waals surface area contributed by atoms with Gasteiger partial charge in [0.1, 0.15) is 0 Å². The Kier molecular flexibility index (Phi) is 3.73. The van der Waals surface area contributed by atoms with E-state index in [0.717, 1.165) is 26.1 Å². The van der Waals surface area contributed by atoms with E-state index in [1.807, 2.05) is 0 Å². The van der Waals surface area contributed by atoms with Gasteiger partial charge in [0, 0.05) is 31.2 Å². The number of carbonyl (C=O) groups is 1. The predicted molar refractivity (Wildman–Crippen MR) is 68.8 cm³/mol. The Morgan fingerprint density at radius 3 is 2.24 bits per heavy atom. The fourth-order valence-corrected chi connectivity index (χ4v) is 3.01. The third kappa shape index (κ3) is 2.47. The van der Waals surface area contributed by atoms with E-state index in [2.05, 4.69) is 42.9 Å². The Hall–Kier alpha value is -0.610. The molecule has 4 atom stereocenters. The van der Waals surface area contributed by atoms with Crippen LogP contribution in [-0.2, 0) is 4.79 Å². The average Bonchev–Trinajstić information content (AvgIpc) is 2.70. The maximum Gasteiger partial charge on any atom is 0.227 e. The minimum absolute atomic E-state index is 0.192. The molecule has 0 aromatic rings.